The van der Waals surface area contributed by atoms with Gasteiger partial charge in [-0.1, -0.05) is 0 Å². The molecule has 0 saturated heterocycles. The van der Waals surface area contributed by atoms with Crippen LogP contribution in [0.2, 0.25) is 31.5 Å². The van der Waals surface area contributed by atoms with Gasteiger partial charge in [-0.05, 0) is 0 Å². The van der Waals surface area contributed by atoms with E-state index in [0.717, 1.165) is 0 Å². The van der Waals surface area contributed by atoms with Crippen LogP contribution in [0.1, 0.15) is 41.5 Å². The van der Waals surface area contributed by atoms with Gasteiger partial charge in [0.15, 0.2) is 0 Å². The summed E-state index contributed by atoms with van der Waals surface area (Å²) >= 11 is -0.806. The van der Waals surface area contributed by atoms with Crippen molar-refractivity contribution in [3.63, 3.8) is 0 Å². The van der Waals surface area contributed by atoms with Crippen molar-refractivity contribution in [1.82, 2.24) is 0 Å². The molecule has 0 atom stereocenters. The molecule has 0 spiro atoms. The molecule has 0 heterocycles. The first-order valence-corrected chi connectivity index (χ1v) is 15.3. The molecule has 16 heavy (non-hydrogen) atoms. The van der Waals surface area contributed by atoms with Crippen molar-refractivity contribution in [2.24, 2.45) is 0 Å². The molecule has 4 heteroatoms. The molecule has 0 aromatic rings. The molecular weight excluding hydrogens is 360 g/mol. The van der Waals surface area contributed by atoms with Crippen LogP contribution in [0.15, 0.2) is 0 Å². The first-order valence-electron chi connectivity index (χ1n) is 6.36. The Hall–Kier alpha value is 2.20. The fraction of sp³-hybridized carbons (Fsp3) is 1.00. The van der Waals surface area contributed by atoms with Crippen molar-refractivity contribution in [2.45, 2.75) is 73.1 Å². The molecule has 0 aromatic carbocycles. The predicted octanol–water partition coefficient (Wildman–Crippen LogP) is 4.70. The summed E-state index contributed by atoms with van der Waals surface area (Å²) < 4.78 is 0. The van der Waals surface area contributed by atoms with E-state index in [2.05, 4.69) is 41.5 Å². The molecular formula is C12H30CuGe2Li. The summed E-state index contributed by atoms with van der Waals surface area (Å²) in [6.07, 6.45) is 0. The molecule has 0 saturated carbocycles. The monoisotopic (exact) mass is 392 g/mol. The van der Waals surface area contributed by atoms with Crippen molar-refractivity contribution in [3.8, 4) is 0 Å². The molecule has 0 N–H and O–H groups in total. The smallest absolute Gasteiger partial charge is 0 e. The van der Waals surface area contributed by atoms with E-state index in [0.29, 0.717) is 0 Å². The van der Waals surface area contributed by atoms with Crippen LogP contribution >= 0.6 is 0 Å². The summed E-state index contributed by atoms with van der Waals surface area (Å²) in [5.41, 5.74) is 0. The molecule has 0 aliphatic rings. The molecule has 98 valence electrons. The van der Waals surface area contributed by atoms with E-state index in [-0.39, 0.29) is 35.9 Å². The summed E-state index contributed by atoms with van der Waals surface area (Å²) in [4.78, 5) is 0. The van der Waals surface area contributed by atoms with Gasteiger partial charge in [0.1, 0.15) is 0 Å². The summed E-state index contributed by atoms with van der Waals surface area (Å²) in [7, 11) is 0. The largest absolute Gasteiger partial charge is 0 e. The Labute approximate surface area is 136 Å². The van der Waals surface area contributed by atoms with Gasteiger partial charge in [0.05, 0.1) is 0 Å². The Morgan fingerprint density at radius 3 is 0.625 bits per heavy atom. The summed E-state index contributed by atoms with van der Waals surface area (Å²) in [6.45, 7) is 14.0. The van der Waals surface area contributed by atoms with Gasteiger partial charge in [0.2, 0.25) is 0 Å². The maximum atomic E-state index is 2.34. The average molecular weight is 390 g/mol. The molecule has 0 fully saturated rings. The van der Waals surface area contributed by atoms with E-state index in [4.69, 9.17) is 0 Å². The first kappa shape index (κ1) is 26.7. The minimum absolute atomic E-state index is 0. The second kappa shape index (κ2) is 22.4. The van der Waals surface area contributed by atoms with Crippen LogP contribution in [0.4, 0.5) is 0 Å². The van der Waals surface area contributed by atoms with Crippen LogP contribution in [-0.4, -0.2) is 47.6 Å². The van der Waals surface area contributed by atoms with Crippen molar-refractivity contribution in [1.29, 1.82) is 0 Å². The second-order valence-corrected chi connectivity index (χ2v) is 18.8. The summed E-state index contributed by atoms with van der Waals surface area (Å²) in [5.74, 6) is 0. The number of rotatable bonds is 6. The minimum atomic E-state index is -0.403. The average Bonchev–Trinajstić information content (AvgIpc) is 2.24. The van der Waals surface area contributed by atoms with Gasteiger partial charge in [0.25, 0.3) is 0 Å². The van der Waals surface area contributed by atoms with E-state index in [1.165, 1.54) is 31.5 Å². The summed E-state index contributed by atoms with van der Waals surface area (Å²) in [6, 6.07) is 0. The van der Waals surface area contributed by atoms with E-state index in [1.54, 1.807) is 0 Å². The quantitative estimate of drug-likeness (QED) is 0.577. The number of hydrogen-bond acceptors (Lipinski definition) is 0. The van der Waals surface area contributed by atoms with Gasteiger partial charge in [-0.3, -0.25) is 0 Å². The topological polar surface area (TPSA) is 0 Å². The standard InChI is InChI=1S/2C6H15Ge.Cu.Li/c2*1-4-7(5-2)6-3;;/h2*4-6H2,1-3H3;;. The Morgan fingerprint density at radius 2 is 0.625 bits per heavy atom. The van der Waals surface area contributed by atoms with Crippen molar-refractivity contribution < 1.29 is 17.1 Å². The van der Waals surface area contributed by atoms with Crippen LogP contribution in [-0.2, 0) is 17.1 Å². The van der Waals surface area contributed by atoms with Gasteiger partial charge < -0.3 is 0 Å². The van der Waals surface area contributed by atoms with Crippen LogP contribution in [0.5, 0.6) is 0 Å². The van der Waals surface area contributed by atoms with Gasteiger partial charge >= 0.3 is 102 Å². The zero-order valence-electron chi connectivity index (χ0n) is 12.5. The van der Waals surface area contributed by atoms with E-state index in [1.807, 2.05) is 0 Å². The van der Waals surface area contributed by atoms with Crippen molar-refractivity contribution in [2.75, 3.05) is 0 Å². The van der Waals surface area contributed by atoms with Crippen LogP contribution < -0.4 is 0 Å². The zero-order chi connectivity index (χ0) is 11.4. The third-order valence-corrected chi connectivity index (χ3v) is 15.6. The molecule has 0 bridgehead atoms. The third-order valence-electron chi connectivity index (χ3n) is 3.00. The molecule has 0 amide bonds. The SMILES string of the molecule is C[CH2][Ge]([CH2]C)[CH2]C.C[CH2][Ge]([CH2]C)[CH2]C.[Cu].[Li]. The summed E-state index contributed by atoms with van der Waals surface area (Å²) in [5, 5.41) is 9.12. The van der Waals surface area contributed by atoms with E-state index >= 15 is 0 Å². The molecule has 0 aliphatic carbocycles. The first-order chi connectivity index (χ1) is 6.69. The molecule has 0 aromatic heterocycles. The maximum Gasteiger partial charge on any atom is 0 e. The maximum absolute atomic E-state index is 2.34. The zero-order valence-corrected chi connectivity index (χ0v) is 17.7. The fourth-order valence-electron chi connectivity index (χ4n) is 1.50. The van der Waals surface area contributed by atoms with E-state index < -0.39 is 28.7 Å². The van der Waals surface area contributed by atoms with Crippen molar-refractivity contribution >= 4 is 47.6 Å². The van der Waals surface area contributed by atoms with Gasteiger partial charge in [-0.25, -0.2) is 0 Å². The van der Waals surface area contributed by atoms with Gasteiger partial charge in [-0.15, -0.1) is 0 Å². The molecule has 0 unspecified atom stereocenters. The van der Waals surface area contributed by atoms with Gasteiger partial charge in [0, 0.05) is 35.9 Å². The van der Waals surface area contributed by atoms with Crippen LogP contribution in [0.3, 0.4) is 0 Å². The number of hydrogen-bond donors (Lipinski definition) is 0. The molecule has 0 aliphatic heterocycles. The third kappa shape index (κ3) is 18.6. The Balaban J connectivity index is -0.0000000800. The molecule has 0 rings (SSSR count). The van der Waals surface area contributed by atoms with Crippen LogP contribution in [0.25, 0.3) is 0 Å². The second-order valence-electron chi connectivity index (χ2n) is 3.62. The fourth-order valence-corrected chi connectivity index (χ4v) is 7.79. The minimum Gasteiger partial charge on any atom is 0 e. The Kier molecular flexibility index (Phi) is 37.4. The predicted molar refractivity (Wildman–Crippen MR) is 80.1 cm³/mol. The Morgan fingerprint density at radius 1 is 0.500 bits per heavy atom. The van der Waals surface area contributed by atoms with Crippen molar-refractivity contribution in [3.05, 3.63) is 0 Å². The van der Waals surface area contributed by atoms with Gasteiger partial charge in [-0.2, -0.15) is 0 Å². The van der Waals surface area contributed by atoms with Crippen LogP contribution in [0, 0.1) is 0 Å². The Bertz CT molecular complexity index is 74.0. The molecule has 0 nitrogen and oxygen atoms in total. The molecule has 4 radical (unpaired) electrons. The normalized spacial score (nSPS) is 9.00. The van der Waals surface area contributed by atoms with E-state index in [9.17, 15) is 0 Å².